The standard InChI is InChI=1S/C19H20N4O/c1-13-20-14(2)23(21-13)12-15(24)11-22-18-9-5-3-7-16(18)17-8-4-6-10-19(17)22/h3-10,15,24H,11-12H2,1-2H3/t15-/m0/s1. The second-order valence-corrected chi connectivity index (χ2v) is 6.19. The Morgan fingerprint density at radius 2 is 1.50 bits per heavy atom. The number of aliphatic hydroxyl groups excluding tert-OH is 1. The minimum Gasteiger partial charge on any atom is -0.389 e. The molecule has 0 saturated carbocycles. The molecule has 122 valence electrons. The Balaban J connectivity index is 1.71. The Morgan fingerprint density at radius 3 is 2.04 bits per heavy atom. The van der Waals surface area contributed by atoms with Crippen molar-refractivity contribution in [3.05, 3.63) is 60.2 Å². The molecule has 24 heavy (non-hydrogen) atoms. The molecule has 1 atom stereocenters. The highest BCUT2D eigenvalue weighted by atomic mass is 16.3. The molecule has 2 heterocycles. The molecule has 2 aromatic heterocycles. The van der Waals surface area contributed by atoms with Gasteiger partial charge in [0.2, 0.25) is 0 Å². The Labute approximate surface area is 140 Å². The summed E-state index contributed by atoms with van der Waals surface area (Å²) in [6, 6.07) is 16.6. The fraction of sp³-hybridized carbons (Fsp3) is 0.263. The largest absolute Gasteiger partial charge is 0.389 e. The van der Waals surface area contributed by atoms with E-state index in [4.69, 9.17) is 0 Å². The van der Waals surface area contributed by atoms with E-state index in [0.717, 1.165) is 22.7 Å². The third-order valence-electron chi connectivity index (χ3n) is 4.42. The maximum absolute atomic E-state index is 10.6. The average Bonchev–Trinajstić information content (AvgIpc) is 3.06. The molecule has 0 aliphatic rings. The molecule has 0 aliphatic heterocycles. The summed E-state index contributed by atoms with van der Waals surface area (Å²) in [6.45, 7) is 4.73. The van der Waals surface area contributed by atoms with E-state index in [2.05, 4.69) is 51.0 Å². The van der Waals surface area contributed by atoms with Gasteiger partial charge in [-0.05, 0) is 26.0 Å². The summed E-state index contributed by atoms with van der Waals surface area (Å²) in [4.78, 5) is 4.29. The van der Waals surface area contributed by atoms with Crippen LogP contribution in [0.1, 0.15) is 11.6 Å². The van der Waals surface area contributed by atoms with Gasteiger partial charge >= 0.3 is 0 Å². The van der Waals surface area contributed by atoms with Gasteiger partial charge in [0.1, 0.15) is 11.6 Å². The number of fused-ring (bicyclic) bond motifs is 3. The summed E-state index contributed by atoms with van der Waals surface area (Å²) >= 11 is 0. The lowest BCUT2D eigenvalue weighted by molar-refractivity contribution is 0.131. The van der Waals surface area contributed by atoms with Crippen LogP contribution in [0.4, 0.5) is 0 Å². The van der Waals surface area contributed by atoms with Gasteiger partial charge in [-0.3, -0.25) is 0 Å². The van der Waals surface area contributed by atoms with E-state index in [0.29, 0.717) is 13.1 Å². The lowest BCUT2D eigenvalue weighted by Crippen LogP contribution is -2.23. The van der Waals surface area contributed by atoms with Crippen LogP contribution in [0, 0.1) is 13.8 Å². The highest BCUT2D eigenvalue weighted by Gasteiger charge is 2.15. The topological polar surface area (TPSA) is 55.9 Å². The van der Waals surface area contributed by atoms with Crippen LogP contribution in [0.2, 0.25) is 0 Å². The number of benzene rings is 2. The molecule has 0 bridgehead atoms. The van der Waals surface area contributed by atoms with Crippen molar-refractivity contribution in [2.24, 2.45) is 0 Å². The number of para-hydroxylation sites is 2. The predicted molar refractivity (Wildman–Crippen MR) is 94.9 cm³/mol. The molecule has 2 aromatic carbocycles. The van der Waals surface area contributed by atoms with Crippen molar-refractivity contribution >= 4 is 21.8 Å². The lowest BCUT2D eigenvalue weighted by atomic mass is 10.2. The summed E-state index contributed by atoms with van der Waals surface area (Å²) in [7, 11) is 0. The van der Waals surface area contributed by atoms with Gasteiger partial charge in [0, 0.05) is 21.8 Å². The lowest BCUT2D eigenvalue weighted by Gasteiger charge is -2.14. The van der Waals surface area contributed by atoms with Gasteiger partial charge < -0.3 is 9.67 Å². The van der Waals surface area contributed by atoms with Crippen LogP contribution in [-0.2, 0) is 13.1 Å². The summed E-state index contributed by atoms with van der Waals surface area (Å²) in [5.41, 5.74) is 2.29. The zero-order valence-electron chi connectivity index (χ0n) is 13.8. The molecule has 4 aromatic rings. The van der Waals surface area contributed by atoms with Gasteiger partial charge in [-0.25, -0.2) is 9.67 Å². The Morgan fingerprint density at radius 1 is 0.917 bits per heavy atom. The van der Waals surface area contributed by atoms with Crippen molar-refractivity contribution in [1.29, 1.82) is 0 Å². The molecule has 0 saturated heterocycles. The minimum absolute atomic E-state index is 0.438. The van der Waals surface area contributed by atoms with Gasteiger partial charge in [0.05, 0.1) is 19.2 Å². The van der Waals surface area contributed by atoms with Gasteiger partial charge in [-0.15, -0.1) is 0 Å². The van der Waals surface area contributed by atoms with Crippen molar-refractivity contribution in [2.45, 2.75) is 33.0 Å². The van der Waals surface area contributed by atoms with Crippen LogP contribution >= 0.6 is 0 Å². The SMILES string of the molecule is Cc1nc(C)n(C[C@@H](O)Cn2c3ccccc3c3ccccc32)n1. The van der Waals surface area contributed by atoms with E-state index in [-0.39, 0.29) is 0 Å². The first-order valence-corrected chi connectivity index (χ1v) is 8.15. The van der Waals surface area contributed by atoms with E-state index >= 15 is 0 Å². The number of hydrogen-bond donors (Lipinski definition) is 1. The summed E-state index contributed by atoms with van der Waals surface area (Å²) in [5.74, 6) is 1.56. The Hall–Kier alpha value is -2.66. The van der Waals surface area contributed by atoms with E-state index in [1.807, 2.05) is 26.0 Å². The number of aliphatic hydroxyl groups is 1. The summed E-state index contributed by atoms with van der Waals surface area (Å²) in [6.07, 6.45) is -0.538. The number of aryl methyl sites for hydroxylation is 2. The first-order chi connectivity index (χ1) is 11.6. The van der Waals surface area contributed by atoms with Crippen LogP contribution in [-0.4, -0.2) is 30.5 Å². The van der Waals surface area contributed by atoms with Crippen molar-refractivity contribution in [1.82, 2.24) is 19.3 Å². The van der Waals surface area contributed by atoms with Crippen LogP contribution in [0.5, 0.6) is 0 Å². The Bertz CT molecular complexity index is 961. The zero-order valence-corrected chi connectivity index (χ0v) is 13.8. The number of rotatable bonds is 4. The summed E-state index contributed by atoms with van der Waals surface area (Å²) < 4.78 is 3.96. The van der Waals surface area contributed by atoms with E-state index in [9.17, 15) is 5.11 Å². The third-order valence-corrected chi connectivity index (χ3v) is 4.42. The molecule has 5 heteroatoms. The summed E-state index contributed by atoms with van der Waals surface area (Å²) in [5, 5.41) is 17.4. The van der Waals surface area contributed by atoms with Crippen LogP contribution in [0.25, 0.3) is 21.8 Å². The van der Waals surface area contributed by atoms with E-state index in [1.165, 1.54) is 10.8 Å². The van der Waals surface area contributed by atoms with Gasteiger partial charge in [0.25, 0.3) is 0 Å². The normalized spacial score (nSPS) is 13.0. The molecule has 0 unspecified atom stereocenters. The van der Waals surface area contributed by atoms with Crippen LogP contribution < -0.4 is 0 Å². The van der Waals surface area contributed by atoms with E-state index < -0.39 is 6.10 Å². The molecular weight excluding hydrogens is 300 g/mol. The molecule has 0 amide bonds. The van der Waals surface area contributed by atoms with Crippen molar-refractivity contribution in [3.8, 4) is 0 Å². The molecule has 0 aliphatic carbocycles. The fourth-order valence-corrected chi connectivity index (χ4v) is 3.40. The maximum Gasteiger partial charge on any atom is 0.147 e. The first-order valence-electron chi connectivity index (χ1n) is 8.15. The number of hydrogen-bond acceptors (Lipinski definition) is 3. The van der Waals surface area contributed by atoms with Crippen molar-refractivity contribution in [3.63, 3.8) is 0 Å². The molecule has 5 nitrogen and oxygen atoms in total. The quantitative estimate of drug-likeness (QED) is 0.629. The van der Waals surface area contributed by atoms with Gasteiger partial charge in [-0.2, -0.15) is 5.10 Å². The number of nitrogens with zero attached hydrogens (tertiary/aromatic N) is 4. The maximum atomic E-state index is 10.6. The molecular formula is C19H20N4O. The van der Waals surface area contributed by atoms with Crippen LogP contribution in [0.3, 0.4) is 0 Å². The molecule has 4 rings (SSSR count). The van der Waals surface area contributed by atoms with Crippen molar-refractivity contribution < 1.29 is 5.11 Å². The zero-order chi connectivity index (χ0) is 16.7. The third kappa shape index (κ3) is 2.47. The highest BCUT2D eigenvalue weighted by Crippen LogP contribution is 2.28. The molecule has 0 fully saturated rings. The van der Waals surface area contributed by atoms with Gasteiger partial charge in [0.15, 0.2) is 0 Å². The first kappa shape index (κ1) is 14.9. The molecule has 0 spiro atoms. The Kier molecular flexibility index (Phi) is 3.58. The second-order valence-electron chi connectivity index (χ2n) is 6.19. The highest BCUT2D eigenvalue weighted by molar-refractivity contribution is 6.07. The average molecular weight is 320 g/mol. The molecule has 0 radical (unpaired) electrons. The van der Waals surface area contributed by atoms with Crippen molar-refractivity contribution in [2.75, 3.05) is 0 Å². The van der Waals surface area contributed by atoms with E-state index in [1.54, 1.807) is 4.68 Å². The number of aromatic nitrogens is 4. The molecule has 1 N–H and O–H groups in total. The second kappa shape index (κ2) is 5.76. The minimum atomic E-state index is -0.538. The fourth-order valence-electron chi connectivity index (χ4n) is 3.40. The van der Waals surface area contributed by atoms with Crippen LogP contribution in [0.15, 0.2) is 48.5 Å². The predicted octanol–water partition coefficient (Wildman–Crippen LogP) is 3.06. The monoisotopic (exact) mass is 320 g/mol. The van der Waals surface area contributed by atoms with Gasteiger partial charge in [-0.1, -0.05) is 36.4 Å². The smallest absolute Gasteiger partial charge is 0.147 e.